The van der Waals surface area contributed by atoms with Crippen molar-refractivity contribution in [3.05, 3.63) is 22.5 Å². The SMILES string of the molecule is CCC1CCc2nc3scc(CCCC(=O)O)n3c2C1. The lowest BCUT2D eigenvalue weighted by molar-refractivity contribution is -0.137. The summed E-state index contributed by atoms with van der Waals surface area (Å²) in [5.74, 6) is 0.0596. The second-order valence-electron chi connectivity index (χ2n) is 5.61. The third-order valence-electron chi connectivity index (χ3n) is 4.28. The molecule has 5 heteroatoms. The van der Waals surface area contributed by atoms with Gasteiger partial charge in [0.1, 0.15) is 0 Å². The zero-order valence-corrected chi connectivity index (χ0v) is 12.6. The Morgan fingerprint density at radius 1 is 1.60 bits per heavy atom. The topological polar surface area (TPSA) is 54.6 Å². The number of aryl methyl sites for hydroxylation is 2. The lowest BCUT2D eigenvalue weighted by Gasteiger charge is -2.20. The largest absolute Gasteiger partial charge is 0.481 e. The Morgan fingerprint density at radius 3 is 3.20 bits per heavy atom. The third-order valence-corrected chi connectivity index (χ3v) is 5.16. The smallest absolute Gasteiger partial charge is 0.303 e. The highest BCUT2D eigenvalue weighted by Crippen LogP contribution is 2.31. The fourth-order valence-electron chi connectivity index (χ4n) is 3.09. The normalized spacial score (nSPS) is 18.4. The highest BCUT2D eigenvalue weighted by Gasteiger charge is 2.24. The summed E-state index contributed by atoms with van der Waals surface area (Å²) in [7, 11) is 0. The summed E-state index contributed by atoms with van der Waals surface area (Å²) in [6.07, 6.45) is 6.46. The monoisotopic (exact) mass is 292 g/mol. The molecule has 0 fully saturated rings. The Bertz CT molecular complexity index is 629. The number of hydrogen-bond acceptors (Lipinski definition) is 3. The molecule has 0 bridgehead atoms. The molecule has 0 radical (unpaired) electrons. The van der Waals surface area contributed by atoms with Crippen LogP contribution in [0.2, 0.25) is 0 Å². The number of aliphatic carboxylic acids is 1. The number of imidazole rings is 1. The van der Waals surface area contributed by atoms with Gasteiger partial charge < -0.3 is 5.11 Å². The van der Waals surface area contributed by atoms with E-state index in [1.54, 1.807) is 11.3 Å². The van der Waals surface area contributed by atoms with Crippen LogP contribution in [0.15, 0.2) is 5.38 Å². The Labute approximate surface area is 122 Å². The average molecular weight is 292 g/mol. The highest BCUT2D eigenvalue weighted by atomic mass is 32.1. The van der Waals surface area contributed by atoms with E-state index < -0.39 is 5.97 Å². The van der Waals surface area contributed by atoms with Crippen molar-refractivity contribution in [3.63, 3.8) is 0 Å². The van der Waals surface area contributed by atoms with Gasteiger partial charge in [-0.25, -0.2) is 4.98 Å². The van der Waals surface area contributed by atoms with E-state index in [2.05, 4.69) is 16.7 Å². The Hall–Kier alpha value is -1.36. The quantitative estimate of drug-likeness (QED) is 0.919. The third kappa shape index (κ3) is 2.46. The van der Waals surface area contributed by atoms with Crippen LogP contribution in [0.4, 0.5) is 0 Å². The van der Waals surface area contributed by atoms with Crippen molar-refractivity contribution < 1.29 is 9.90 Å². The molecule has 0 amide bonds. The van der Waals surface area contributed by atoms with E-state index in [-0.39, 0.29) is 6.42 Å². The number of carbonyl (C=O) groups is 1. The average Bonchev–Trinajstić information content (AvgIpc) is 2.97. The number of hydrogen-bond donors (Lipinski definition) is 1. The minimum atomic E-state index is -0.713. The number of carboxylic acids is 1. The number of carboxylic acid groups (broad SMARTS) is 1. The van der Waals surface area contributed by atoms with E-state index in [1.807, 2.05) is 0 Å². The highest BCUT2D eigenvalue weighted by molar-refractivity contribution is 7.15. The maximum Gasteiger partial charge on any atom is 0.303 e. The molecule has 0 spiro atoms. The molecule has 108 valence electrons. The van der Waals surface area contributed by atoms with Gasteiger partial charge in [-0.15, -0.1) is 11.3 Å². The van der Waals surface area contributed by atoms with Crippen molar-refractivity contribution in [2.45, 2.75) is 51.9 Å². The molecule has 2 heterocycles. The van der Waals surface area contributed by atoms with Crippen molar-refractivity contribution >= 4 is 22.3 Å². The first kappa shape index (κ1) is 13.6. The molecule has 1 aliphatic rings. The lowest BCUT2D eigenvalue weighted by Crippen LogP contribution is -2.15. The van der Waals surface area contributed by atoms with Crippen molar-refractivity contribution in [1.82, 2.24) is 9.38 Å². The van der Waals surface area contributed by atoms with E-state index in [4.69, 9.17) is 10.1 Å². The van der Waals surface area contributed by atoms with Gasteiger partial charge in [0.2, 0.25) is 0 Å². The minimum absolute atomic E-state index is 0.242. The molecule has 2 aromatic rings. The predicted molar refractivity (Wildman–Crippen MR) is 79.4 cm³/mol. The van der Waals surface area contributed by atoms with Crippen LogP contribution in [0, 0.1) is 5.92 Å². The zero-order valence-electron chi connectivity index (χ0n) is 11.8. The molecule has 3 rings (SSSR count). The minimum Gasteiger partial charge on any atom is -0.481 e. The van der Waals surface area contributed by atoms with Gasteiger partial charge >= 0.3 is 5.97 Å². The summed E-state index contributed by atoms with van der Waals surface area (Å²) in [6, 6.07) is 0. The summed E-state index contributed by atoms with van der Waals surface area (Å²) in [4.78, 5) is 16.5. The van der Waals surface area contributed by atoms with Gasteiger partial charge in [-0.3, -0.25) is 9.20 Å². The van der Waals surface area contributed by atoms with Crippen molar-refractivity contribution in [2.24, 2.45) is 5.92 Å². The molecule has 1 unspecified atom stereocenters. The van der Waals surface area contributed by atoms with Gasteiger partial charge in [0.25, 0.3) is 0 Å². The first-order valence-electron chi connectivity index (χ1n) is 7.37. The van der Waals surface area contributed by atoms with Crippen molar-refractivity contribution in [3.8, 4) is 0 Å². The Balaban J connectivity index is 1.87. The number of thiazole rings is 1. The summed E-state index contributed by atoms with van der Waals surface area (Å²) in [6.45, 7) is 2.26. The summed E-state index contributed by atoms with van der Waals surface area (Å²) in [5.41, 5.74) is 3.88. The van der Waals surface area contributed by atoms with Crippen LogP contribution in [-0.4, -0.2) is 20.5 Å². The van der Waals surface area contributed by atoms with Gasteiger partial charge in [-0.1, -0.05) is 13.3 Å². The zero-order chi connectivity index (χ0) is 14.1. The molecule has 0 aromatic carbocycles. The molecule has 0 aliphatic heterocycles. The number of aromatic nitrogens is 2. The van der Waals surface area contributed by atoms with Crippen molar-refractivity contribution in [2.75, 3.05) is 0 Å². The summed E-state index contributed by atoms with van der Waals surface area (Å²) in [5, 5.41) is 10.9. The molecule has 0 saturated carbocycles. The van der Waals surface area contributed by atoms with E-state index in [0.717, 1.165) is 30.1 Å². The first-order chi connectivity index (χ1) is 9.69. The van der Waals surface area contributed by atoms with Crippen LogP contribution in [0.3, 0.4) is 0 Å². The van der Waals surface area contributed by atoms with Gasteiger partial charge in [0.05, 0.1) is 5.69 Å². The van der Waals surface area contributed by atoms with Crippen LogP contribution < -0.4 is 0 Å². The second kappa shape index (κ2) is 5.56. The fraction of sp³-hybridized carbons (Fsp3) is 0.600. The molecule has 20 heavy (non-hydrogen) atoms. The fourth-order valence-corrected chi connectivity index (χ4v) is 4.05. The summed E-state index contributed by atoms with van der Waals surface area (Å²) < 4.78 is 2.30. The molecule has 0 saturated heterocycles. The molecule has 1 aliphatic carbocycles. The Morgan fingerprint density at radius 2 is 2.45 bits per heavy atom. The molecule has 4 nitrogen and oxygen atoms in total. The van der Waals surface area contributed by atoms with E-state index in [9.17, 15) is 4.79 Å². The van der Waals surface area contributed by atoms with E-state index in [1.165, 1.54) is 29.9 Å². The standard InChI is InChI=1S/C15H20N2O2S/c1-2-10-6-7-12-13(8-10)17-11(4-3-5-14(18)19)9-20-15(17)16-12/h9-10H,2-8H2,1H3,(H,18,19). The van der Waals surface area contributed by atoms with Crippen LogP contribution >= 0.6 is 11.3 Å². The van der Waals surface area contributed by atoms with Gasteiger partial charge in [0.15, 0.2) is 4.96 Å². The number of nitrogens with zero attached hydrogens (tertiary/aromatic N) is 2. The van der Waals surface area contributed by atoms with Gasteiger partial charge in [0, 0.05) is 23.2 Å². The number of fused-ring (bicyclic) bond motifs is 3. The van der Waals surface area contributed by atoms with Gasteiger partial charge in [-0.05, 0) is 38.0 Å². The summed E-state index contributed by atoms with van der Waals surface area (Å²) >= 11 is 1.68. The van der Waals surface area contributed by atoms with E-state index >= 15 is 0 Å². The second-order valence-corrected chi connectivity index (χ2v) is 6.45. The molecule has 1 N–H and O–H groups in total. The maximum absolute atomic E-state index is 10.6. The van der Waals surface area contributed by atoms with Crippen LogP contribution in [0.1, 0.15) is 49.7 Å². The molecular formula is C15H20N2O2S. The molecule has 1 atom stereocenters. The number of rotatable bonds is 5. The van der Waals surface area contributed by atoms with Crippen molar-refractivity contribution in [1.29, 1.82) is 0 Å². The first-order valence-corrected chi connectivity index (χ1v) is 8.25. The maximum atomic E-state index is 10.6. The predicted octanol–water partition coefficient (Wildman–Crippen LogP) is 3.32. The molecule has 2 aromatic heterocycles. The van der Waals surface area contributed by atoms with E-state index in [0.29, 0.717) is 6.42 Å². The van der Waals surface area contributed by atoms with Crippen LogP contribution in [0.25, 0.3) is 4.96 Å². The van der Waals surface area contributed by atoms with Crippen LogP contribution in [0.5, 0.6) is 0 Å². The lowest BCUT2D eigenvalue weighted by atomic mass is 9.88. The Kier molecular flexibility index (Phi) is 3.78. The van der Waals surface area contributed by atoms with Gasteiger partial charge in [-0.2, -0.15) is 0 Å². The molecular weight excluding hydrogens is 272 g/mol. The van der Waals surface area contributed by atoms with Crippen LogP contribution in [-0.2, 0) is 24.1 Å².